The molecule has 0 radical (unpaired) electrons. The third kappa shape index (κ3) is 2.92. The molecule has 0 bridgehead atoms. The number of nitrogens with zero attached hydrogens (tertiary/aromatic N) is 3. The highest BCUT2D eigenvalue weighted by molar-refractivity contribution is 6.30. The average molecular weight is 370 g/mol. The van der Waals surface area contributed by atoms with Crippen LogP contribution in [0.3, 0.4) is 0 Å². The first-order valence-corrected chi connectivity index (χ1v) is 9.14. The Balaban J connectivity index is 1.48. The van der Waals surface area contributed by atoms with Crippen molar-refractivity contribution < 1.29 is 9.59 Å². The van der Waals surface area contributed by atoms with Gasteiger partial charge in [-0.3, -0.25) is 9.69 Å². The van der Waals surface area contributed by atoms with E-state index in [0.29, 0.717) is 18.1 Å². The Hall–Kier alpha value is -2.53. The van der Waals surface area contributed by atoms with Crippen LogP contribution in [-0.4, -0.2) is 42.5 Å². The zero-order valence-corrected chi connectivity index (χ0v) is 15.3. The number of amides is 3. The number of rotatable bonds is 3. The number of urea groups is 1. The fourth-order valence-corrected chi connectivity index (χ4v) is 3.98. The second-order valence-corrected chi connectivity index (χ2v) is 7.22. The summed E-state index contributed by atoms with van der Waals surface area (Å²) in [6.07, 6.45) is 0.852. The van der Waals surface area contributed by atoms with Crippen molar-refractivity contribution in [1.82, 2.24) is 4.90 Å². The van der Waals surface area contributed by atoms with Crippen LogP contribution < -0.4 is 9.80 Å². The SMILES string of the molecule is CC1Cc2ccccc2N1C(=O)CN1CCN(c2cccc(Cl)c2)C1=O. The summed E-state index contributed by atoms with van der Waals surface area (Å²) in [5.41, 5.74) is 2.90. The van der Waals surface area contributed by atoms with Gasteiger partial charge in [0.2, 0.25) is 5.91 Å². The van der Waals surface area contributed by atoms with E-state index in [1.165, 1.54) is 5.56 Å². The van der Waals surface area contributed by atoms with Gasteiger partial charge >= 0.3 is 6.03 Å². The Morgan fingerprint density at radius 3 is 2.77 bits per heavy atom. The largest absolute Gasteiger partial charge is 0.325 e. The molecule has 5 nitrogen and oxygen atoms in total. The molecule has 1 saturated heterocycles. The molecule has 0 saturated carbocycles. The first-order valence-electron chi connectivity index (χ1n) is 8.76. The van der Waals surface area contributed by atoms with Crippen molar-refractivity contribution in [2.75, 3.05) is 29.4 Å². The predicted octanol–water partition coefficient (Wildman–Crippen LogP) is 3.56. The van der Waals surface area contributed by atoms with E-state index in [0.717, 1.165) is 17.8 Å². The van der Waals surface area contributed by atoms with Gasteiger partial charge in [0.25, 0.3) is 0 Å². The molecule has 26 heavy (non-hydrogen) atoms. The van der Waals surface area contributed by atoms with Gasteiger partial charge in [-0.05, 0) is 43.2 Å². The van der Waals surface area contributed by atoms with Gasteiger partial charge < -0.3 is 9.80 Å². The van der Waals surface area contributed by atoms with Gasteiger partial charge in [-0.25, -0.2) is 4.79 Å². The van der Waals surface area contributed by atoms with E-state index >= 15 is 0 Å². The summed E-state index contributed by atoms with van der Waals surface area (Å²) >= 11 is 6.03. The fraction of sp³-hybridized carbons (Fsp3) is 0.300. The molecule has 2 aromatic rings. The highest BCUT2D eigenvalue weighted by Gasteiger charge is 2.35. The van der Waals surface area contributed by atoms with Crippen LogP contribution in [0.4, 0.5) is 16.2 Å². The maximum atomic E-state index is 12.9. The standard InChI is InChI=1S/C20H20ClN3O2/c1-14-11-15-5-2-3-8-18(15)24(14)19(25)13-22-9-10-23(20(22)26)17-7-4-6-16(21)12-17/h2-8,12,14H,9-11,13H2,1H3. The van der Waals surface area contributed by atoms with Gasteiger partial charge in [0.15, 0.2) is 0 Å². The van der Waals surface area contributed by atoms with Gasteiger partial charge in [-0.1, -0.05) is 35.9 Å². The van der Waals surface area contributed by atoms with Crippen molar-refractivity contribution in [1.29, 1.82) is 0 Å². The van der Waals surface area contributed by atoms with Crippen LogP contribution in [0.15, 0.2) is 48.5 Å². The van der Waals surface area contributed by atoms with Crippen LogP contribution in [0.25, 0.3) is 0 Å². The first-order chi connectivity index (χ1) is 12.5. The van der Waals surface area contributed by atoms with Gasteiger partial charge in [0.05, 0.1) is 0 Å². The van der Waals surface area contributed by atoms with Crippen LogP contribution in [0, 0.1) is 0 Å². The van der Waals surface area contributed by atoms with Crippen molar-refractivity contribution >= 4 is 34.9 Å². The van der Waals surface area contributed by atoms with Crippen molar-refractivity contribution in [3.05, 3.63) is 59.1 Å². The first kappa shape index (κ1) is 16.9. The molecule has 1 atom stereocenters. The molecule has 2 heterocycles. The zero-order valence-electron chi connectivity index (χ0n) is 14.6. The van der Waals surface area contributed by atoms with Crippen LogP contribution in [-0.2, 0) is 11.2 Å². The van der Waals surface area contributed by atoms with Gasteiger partial charge in [0, 0.05) is 35.5 Å². The third-order valence-corrected chi connectivity index (χ3v) is 5.25. The molecule has 6 heteroatoms. The zero-order chi connectivity index (χ0) is 18.3. The monoisotopic (exact) mass is 369 g/mol. The Labute approximate surface area is 157 Å². The minimum absolute atomic E-state index is 0.0382. The van der Waals surface area contributed by atoms with Crippen LogP contribution >= 0.6 is 11.6 Å². The fourth-order valence-electron chi connectivity index (χ4n) is 3.80. The van der Waals surface area contributed by atoms with Crippen LogP contribution in [0.5, 0.6) is 0 Å². The van der Waals surface area contributed by atoms with Crippen LogP contribution in [0.1, 0.15) is 12.5 Å². The predicted molar refractivity (Wildman–Crippen MR) is 103 cm³/mol. The summed E-state index contributed by atoms with van der Waals surface area (Å²) in [6.45, 7) is 3.22. The summed E-state index contributed by atoms with van der Waals surface area (Å²) < 4.78 is 0. The van der Waals surface area contributed by atoms with E-state index in [9.17, 15) is 9.59 Å². The molecule has 2 aromatic carbocycles. The van der Waals surface area contributed by atoms with Crippen molar-refractivity contribution in [2.45, 2.75) is 19.4 Å². The molecule has 0 aliphatic carbocycles. The molecule has 4 rings (SSSR count). The van der Waals surface area contributed by atoms with Gasteiger partial charge in [-0.2, -0.15) is 0 Å². The smallest absolute Gasteiger partial charge is 0.313 e. The normalized spacial score (nSPS) is 19.2. The molecule has 134 valence electrons. The molecular formula is C20H20ClN3O2. The lowest BCUT2D eigenvalue weighted by molar-refractivity contribution is -0.119. The summed E-state index contributed by atoms with van der Waals surface area (Å²) in [7, 11) is 0. The average Bonchev–Trinajstić information content (AvgIpc) is 3.14. The van der Waals surface area contributed by atoms with Gasteiger partial charge in [-0.15, -0.1) is 0 Å². The van der Waals surface area contributed by atoms with E-state index in [1.807, 2.05) is 42.2 Å². The Morgan fingerprint density at radius 2 is 1.96 bits per heavy atom. The molecule has 1 unspecified atom stereocenters. The lowest BCUT2D eigenvalue weighted by Crippen LogP contribution is -2.44. The second-order valence-electron chi connectivity index (χ2n) is 6.78. The van der Waals surface area contributed by atoms with Gasteiger partial charge in [0.1, 0.15) is 6.54 Å². The van der Waals surface area contributed by atoms with Crippen molar-refractivity contribution in [3.8, 4) is 0 Å². The summed E-state index contributed by atoms with van der Waals surface area (Å²) in [6, 6.07) is 15.1. The number of para-hydroxylation sites is 1. The molecular weight excluding hydrogens is 350 g/mol. The topological polar surface area (TPSA) is 43.9 Å². The minimum Gasteiger partial charge on any atom is -0.313 e. The Bertz CT molecular complexity index is 870. The number of carbonyl (C=O) groups excluding carboxylic acids is 2. The Morgan fingerprint density at radius 1 is 1.15 bits per heavy atom. The second kappa shape index (κ2) is 6.65. The number of hydrogen-bond donors (Lipinski definition) is 0. The summed E-state index contributed by atoms with van der Waals surface area (Å²) in [5, 5.41) is 0.590. The van der Waals surface area contributed by atoms with E-state index in [-0.39, 0.29) is 24.5 Å². The lowest BCUT2D eigenvalue weighted by atomic mass is 10.1. The van der Waals surface area contributed by atoms with E-state index in [1.54, 1.807) is 21.9 Å². The molecule has 2 aliphatic rings. The highest BCUT2D eigenvalue weighted by atomic mass is 35.5. The number of benzene rings is 2. The number of halogens is 1. The Kier molecular flexibility index (Phi) is 4.32. The number of anilines is 2. The van der Waals surface area contributed by atoms with Crippen LogP contribution in [0.2, 0.25) is 5.02 Å². The number of fused-ring (bicyclic) bond motifs is 1. The highest BCUT2D eigenvalue weighted by Crippen LogP contribution is 2.32. The molecule has 2 aliphatic heterocycles. The third-order valence-electron chi connectivity index (χ3n) is 5.02. The molecule has 0 N–H and O–H groups in total. The lowest BCUT2D eigenvalue weighted by Gasteiger charge is -2.25. The van der Waals surface area contributed by atoms with E-state index in [4.69, 9.17) is 11.6 Å². The minimum atomic E-state index is -0.152. The van der Waals surface area contributed by atoms with E-state index < -0.39 is 0 Å². The van der Waals surface area contributed by atoms with E-state index in [2.05, 4.69) is 6.07 Å². The molecule has 1 fully saturated rings. The quantitative estimate of drug-likeness (QED) is 0.830. The molecule has 0 aromatic heterocycles. The molecule has 0 spiro atoms. The maximum Gasteiger partial charge on any atom is 0.325 e. The number of carbonyl (C=O) groups is 2. The van der Waals surface area contributed by atoms with Crippen molar-refractivity contribution in [2.24, 2.45) is 0 Å². The number of hydrogen-bond acceptors (Lipinski definition) is 2. The molecule has 3 amide bonds. The summed E-state index contributed by atoms with van der Waals surface area (Å²) in [4.78, 5) is 30.7. The summed E-state index contributed by atoms with van der Waals surface area (Å²) in [5.74, 6) is -0.0382. The van der Waals surface area contributed by atoms with Crippen molar-refractivity contribution in [3.63, 3.8) is 0 Å². The maximum absolute atomic E-state index is 12.9.